The van der Waals surface area contributed by atoms with Crippen molar-refractivity contribution in [3.05, 3.63) is 82.3 Å². The number of aryl methyl sites for hydroxylation is 2. The van der Waals surface area contributed by atoms with Gasteiger partial charge in [-0.25, -0.2) is 9.48 Å². The minimum atomic E-state index is -0.453. The molecule has 0 unspecified atom stereocenters. The number of carbonyl (C=O) groups excluding carboxylic acids is 1. The maximum atomic E-state index is 12.6. The molecule has 7 nitrogen and oxygen atoms in total. The summed E-state index contributed by atoms with van der Waals surface area (Å²) in [5.41, 5.74) is 2.74. The quantitative estimate of drug-likeness (QED) is 0.551. The first-order valence-corrected chi connectivity index (χ1v) is 9.88. The summed E-state index contributed by atoms with van der Waals surface area (Å²) >= 11 is 1.45. The van der Waals surface area contributed by atoms with Gasteiger partial charge in [-0.3, -0.25) is 4.79 Å². The first-order valence-electron chi connectivity index (χ1n) is 9.06. The molecule has 1 N–H and O–H groups in total. The summed E-state index contributed by atoms with van der Waals surface area (Å²) in [6, 6.07) is 19.1. The van der Waals surface area contributed by atoms with E-state index in [4.69, 9.17) is 0 Å². The number of hydrogen-bond donors (Lipinski definition) is 1. The van der Waals surface area contributed by atoms with Crippen molar-refractivity contribution in [3.8, 4) is 0 Å². The average molecular weight is 405 g/mol. The summed E-state index contributed by atoms with van der Waals surface area (Å²) in [5.74, 6) is -0.318. The Morgan fingerprint density at radius 3 is 2.59 bits per heavy atom. The Kier molecular flexibility index (Phi) is 5.18. The van der Waals surface area contributed by atoms with Crippen LogP contribution in [0, 0.1) is 13.8 Å². The second-order valence-electron chi connectivity index (χ2n) is 6.66. The number of nitrogens with zero attached hydrogens (tertiary/aromatic N) is 4. The van der Waals surface area contributed by atoms with Gasteiger partial charge in [0.2, 0.25) is 5.91 Å². The van der Waals surface area contributed by atoms with E-state index in [-0.39, 0.29) is 12.5 Å². The highest BCUT2D eigenvalue weighted by atomic mass is 32.2. The lowest BCUT2D eigenvalue weighted by molar-refractivity contribution is -0.117. The van der Waals surface area contributed by atoms with Crippen LogP contribution in [0.1, 0.15) is 11.1 Å². The van der Waals surface area contributed by atoms with Gasteiger partial charge in [-0.05, 0) is 49.7 Å². The summed E-state index contributed by atoms with van der Waals surface area (Å²) in [4.78, 5) is 26.1. The second kappa shape index (κ2) is 7.92. The monoisotopic (exact) mass is 405 g/mol. The van der Waals surface area contributed by atoms with Gasteiger partial charge < -0.3 is 5.32 Å². The molecule has 0 aliphatic rings. The lowest BCUT2D eigenvalue weighted by atomic mass is 10.1. The van der Waals surface area contributed by atoms with Crippen molar-refractivity contribution in [2.75, 3.05) is 5.32 Å². The van der Waals surface area contributed by atoms with Crippen LogP contribution in [0.2, 0.25) is 0 Å². The minimum absolute atomic E-state index is 0.184. The van der Waals surface area contributed by atoms with Crippen LogP contribution in [0.15, 0.2) is 75.4 Å². The zero-order chi connectivity index (χ0) is 20.4. The van der Waals surface area contributed by atoms with E-state index in [1.165, 1.54) is 16.3 Å². The Morgan fingerprint density at radius 1 is 1.03 bits per heavy atom. The van der Waals surface area contributed by atoms with E-state index in [1.54, 1.807) is 12.1 Å². The Morgan fingerprint density at radius 2 is 1.83 bits per heavy atom. The molecule has 0 bridgehead atoms. The van der Waals surface area contributed by atoms with Gasteiger partial charge in [0.15, 0.2) is 5.65 Å². The Balaban J connectivity index is 1.54. The molecular formula is C21H19N5O2S. The fourth-order valence-corrected chi connectivity index (χ4v) is 3.73. The van der Waals surface area contributed by atoms with Crippen LogP contribution >= 0.6 is 11.8 Å². The van der Waals surface area contributed by atoms with E-state index in [1.807, 2.05) is 62.4 Å². The van der Waals surface area contributed by atoms with E-state index in [0.717, 1.165) is 26.4 Å². The summed E-state index contributed by atoms with van der Waals surface area (Å²) in [6.45, 7) is 3.73. The zero-order valence-corrected chi connectivity index (χ0v) is 16.8. The summed E-state index contributed by atoms with van der Waals surface area (Å²) < 4.78 is 2.34. The molecule has 2 aromatic carbocycles. The third-order valence-corrected chi connectivity index (χ3v) is 5.27. The first kappa shape index (κ1) is 18.9. The van der Waals surface area contributed by atoms with Crippen LogP contribution in [0.4, 0.5) is 5.69 Å². The standard InChI is InChI=1S/C21H19N5O2S/c1-14-8-9-17(15(2)12-14)22-19(27)13-25-21(28)26-18(23-25)10-11-20(24-26)29-16-6-4-3-5-7-16/h3-12H,13H2,1-2H3,(H,22,27). The molecule has 0 spiro atoms. The zero-order valence-electron chi connectivity index (χ0n) is 16.0. The number of nitrogens with one attached hydrogen (secondary N) is 1. The highest BCUT2D eigenvalue weighted by Gasteiger charge is 2.13. The number of fused-ring (bicyclic) bond motifs is 1. The number of hydrogen-bond acceptors (Lipinski definition) is 5. The molecule has 0 saturated heterocycles. The average Bonchev–Trinajstić information content (AvgIpc) is 3.00. The topological polar surface area (TPSA) is 81.3 Å². The van der Waals surface area contributed by atoms with E-state index in [2.05, 4.69) is 15.5 Å². The number of amides is 1. The van der Waals surface area contributed by atoms with Gasteiger partial charge in [-0.15, -0.1) is 5.10 Å². The van der Waals surface area contributed by atoms with E-state index >= 15 is 0 Å². The molecule has 0 fully saturated rings. The first-order chi connectivity index (χ1) is 14.0. The molecule has 8 heteroatoms. The van der Waals surface area contributed by atoms with Crippen molar-refractivity contribution in [1.29, 1.82) is 0 Å². The number of rotatable bonds is 5. The van der Waals surface area contributed by atoms with Crippen LogP contribution in [0.25, 0.3) is 5.65 Å². The molecule has 29 heavy (non-hydrogen) atoms. The van der Waals surface area contributed by atoms with Crippen molar-refractivity contribution < 1.29 is 4.79 Å². The lowest BCUT2D eigenvalue weighted by Gasteiger charge is -2.08. The molecule has 0 atom stereocenters. The third kappa shape index (κ3) is 4.22. The Labute approximate surface area is 171 Å². The van der Waals surface area contributed by atoms with Crippen LogP contribution in [-0.4, -0.2) is 25.3 Å². The number of carbonyl (C=O) groups is 1. The van der Waals surface area contributed by atoms with Crippen LogP contribution < -0.4 is 11.0 Å². The molecule has 0 radical (unpaired) electrons. The van der Waals surface area contributed by atoms with Gasteiger partial charge >= 0.3 is 5.69 Å². The predicted molar refractivity (Wildman–Crippen MR) is 112 cm³/mol. The molecule has 4 aromatic rings. The van der Waals surface area contributed by atoms with Gasteiger partial charge in [0.05, 0.1) is 0 Å². The highest BCUT2D eigenvalue weighted by molar-refractivity contribution is 7.99. The van der Waals surface area contributed by atoms with Crippen LogP contribution in [0.3, 0.4) is 0 Å². The molecule has 1 amide bonds. The smallest absolute Gasteiger partial charge is 0.324 e. The van der Waals surface area contributed by atoms with Crippen molar-refractivity contribution in [3.63, 3.8) is 0 Å². The largest absolute Gasteiger partial charge is 0.367 e. The molecule has 146 valence electrons. The minimum Gasteiger partial charge on any atom is -0.324 e. The molecule has 0 saturated carbocycles. The van der Waals surface area contributed by atoms with Gasteiger partial charge in [-0.2, -0.15) is 9.61 Å². The van der Waals surface area contributed by atoms with E-state index in [9.17, 15) is 9.59 Å². The van der Waals surface area contributed by atoms with Crippen LogP contribution in [0.5, 0.6) is 0 Å². The fourth-order valence-electron chi connectivity index (χ4n) is 2.94. The van der Waals surface area contributed by atoms with Crippen molar-refractivity contribution in [1.82, 2.24) is 19.4 Å². The molecule has 4 rings (SSSR count). The van der Waals surface area contributed by atoms with E-state index < -0.39 is 5.69 Å². The molecular weight excluding hydrogens is 386 g/mol. The number of aromatic nitrogens is 4. The van der Waals surface area contributed by atoms with Crippen molar-refractivity contribution in [2.45, 2.75) is 30.3 Å². The number of benzene rings is 2. The van der Waals surface area contributed by atoms with Crippen molar-refractivity contribution in [2.24, 2.45) is 0 Å². The molecule has 0 aliphatic heterocycles. The maximum Gasteiger partial charge on any atom is 0.367 e. The summed E-state index contributed by atoms with van der Waals surface area (Å²) in [7, 11) is 0. The van der Waals surface area contributed by atoms with E-state index in [0.29, 0.717) is 10.7 Å². The van der Waals surface area contributed by atoms with Gasteiger partial charge in [0, 0.05) is 10.6 Å². The highest BCUT2D eigenvalue weighted by Crippen LogP contribution is 2.25. The molecule has 2 aromatic heterocycles. The summed E-state index contributed by atoms with van der Waals surface area (Å²) in [6.07, 6.45) is 0. The normalized spacial score (nSPS) is 11.0. The summed E-state index contributed by atoms with van der Waals surface area (Å²) in [5, 5.41) is 12.1. The maximum absolute atomic E-state index is 12.6. The predicted octanol–water partition coefficient (Wildman–Crippen LogP) is 3.30. The fraction of sp³-hybridized carbons (Fsp3) is 0.143. The SMILES string of the molecule is Cc1ccc(NC(=O)Cn2nc3ccc(Sc4ccccc4)nn3c2=O)c(C)c1. The lowest BCUT2D eigenvalue weighted by Crippen LogP contribution is -2.29. The molecule has 2 heterocycles. The number of anilines is 1. The van der Waals surface area contributed by atoms with Crippen LogP contribution in [-0.2, 0) is 11.3 Å². The Bertz CT molecular complexity index is 1250. The molecule has 0 aliphatic carbocycles. The van der Waals surface area contributed by atoms with Gasteiger partial charge in [-0.1, -0.05) is 47.7 Å². The third-order valence-electron chi connectivity index (χ3n) is 4.33. The van der Waals surface area contributed by atoms with Crippen molar-refractivity contribution >= 4 is 29.0 Å². The van der Waals surface area contributed by atoms with Gasteiger partial charge in [0.25, 0.3) is 0 Å². The Hall–Kier alpha value is -3.39. The van der Waals surface area contributed by atoms with Gasteiger partial charge in [0.1, 0.15) is 11.6 Å². The second-order valence-corrected chi connectivity index (χ2v) is 7.76.